The Morgan fingerprint density at radius 2 is 1.52 bits per heavy atom. The average Bonchev–Trinajstić information content (AvgIpc) is 3.23. The number of fused-ring (bicyclic) bond motifs is 1. The van der Waals surface area contributed by atoms with Gasteiger partial charge in [0.25, 0.3) is 0 Å². The lowest BCUT2D eigenvalue weighted by Gasteiger charge is -2.11. The van der Waals surface area contributed by atoms with E-state index >= 15 is 0 Å². The second kappa shape index (κ2) is 7.56. The molecule has 0 amide bonds. The molecular formula is C24H19N5. The maximum atomic E-state index is 4.94. The van der Waals surface area contributed by atoms with Crippen molar-refractivity contribution in [2.24, 2.45) is 0 Å². The number of anilines is 1. The van der Waals surface area contributed by atoms with Crippen LogP contribution in [0.4, 0.5) is 5.82 Å². The topological polar surface area (TPSA) is 55.1 Å². The Kier molecular flexibility index (Phi) is 4.47. The minimum atomic E-state index is 0.606. The van der Waals surface area contributed by atoms with Crippen LogP contribution in [0.25, 0.3) is 28.0 Å². The minimum absolute atomic E-state index is 0.606. The number of rotatable bonds is 5. The normalized spacial score (nSPS) is 10.9. The van der Waals surface area contributed by atoms with Crippen LogP contribution in [-0.4, -0.2) is 19.6 Å². The van der Waals surface area contributed by atoms with Crippen molar-refractivity contribution in [2.45, 2.75) is 6.54 Å². The van der Waals surface area contributed by atoms with E-state index in [-0.39, 0.29) is 0 Å². The van der Waals surface area contributed by atoms with Crippen LogP contribution in [0.15, 0.2) is 97.3 Å². The molecule has 5 heteroatoms. The summed E-state index contributed by atoms with van der Waals surface area (Å²) >= 11 is 0. The van der Waals surface area contributed by atoms with Gasteiger partial charge in [-0.3, -0.25) is 4.98 Å². The molecule has 2 aromatic carbocycles. The smallest absolute Gasteiger partial charge is 0.165 e. The fraction of sp³-hybridized carbons (Fsp3) is 0.0417. The third-order valence-electron chi connectivity index (χ3n) is 4.80. The van der Waals surface area contributed by atoms with E-state index < -0.39 is 0 Å². The number of benzene rings is 2. The van der Waals surface area contributed by atoms with Crippen LogP contribution < -0.4 is 5.32 Å². The summed E-state index contributed by atoms with van der Waals surface area (Å²) in [5, 5.41) is 8.09. The van der Waals surface area contributed by atoms with Gasteiger partial charge in [0.2, 0.25) is 0 Å². The molecule has 0 bridgehead atoms. The fourth-order valence-corrected chi connectivity index (χ4v) is 3.35. The number of hydrogen-bond donors (Lipinski definition) is 1. The van der Waals surface area contributed by atoms with Crippen molar-refractivity contribution in [3.8, 4) is 22.4 Å². The van der Waals surface area contributed by atoms with Crippen molar-refractivity contribution in [3.63, 3.8) is 0 Å². The van der Waals surface area contributed by atoms with Crippen LogP contribution >= 0.6 is 0 Å². The summed E-state index contributed by atoms with van der Waals surface area (Å²) in [6.45, 7) is 0.606. The van der Waals surface area contributed by atoms with E-state index in [2.05, 4.69) is 39.7 Å². The van der Waals surface area contributed by atoms with Gasteiger partial charge in [0.05, 0.1) is 24.1 Å². The summed E-state index contributed by atoms with van der Waals surface area (Å²) in [6, 6.07) is 28.4. The highest BCUT2D eigenvalue weighted by Gasteiger charge is 2.14. The number of nitrogens with one attached hydrogen (secondary N) is 1. The SMILES string of the molecule is c1ccc(-c2cc(NCc3ccccn3)n3ncc(-c4ccccc4)c3n2)cc1. The van der Waals surface area contributed by atoms with Gasteiger partial charge in [-0.05, 0) is 17.7 Å². The van der Waals surface area contributed by atoms with Gasteiger partial charge in [-0.25, -0.2) is 4.98 Å². The van der Waals surface area contributed by atoms with E-state index in [4.69, 9.17) is 4.98 Å². The van der Waals surface area contributed by atoms with Crippen molar-refractivity contribution in [3.05, 3.63) is 103 Å². The Hall–Kier alpha value is -3.99. The molecule has 29 heavy (non-hydrogen) atoms. The molecule has 0 saturated heterocycles. The molecule has 0 aliphatic heterocycles. The predicted molar refractivity (Wildman–Crippen MR) is 115 cm³/mol. The Labute approximate surface area is 168 Å². The third kappa shape index (κ3) is 3.46. The van der Waals surface area contributed by atoms with Gasteiger partial charge >= 0.3 is 0 Å². The van der Waals surface area contributed by atoms with Gasteiger partial charge in [-0.1, -0.05) is 66.7 Å². The molecule has 0 aliphatic rings. The Bertz CT molecular complexity index is 1230. The molecule has 0 unspecified atom stereocenters. The standard InChI is InChI=1S/C24H19N5/c1-3-9-18(10-4-1)21-17-27-29-23(26-16-20-13-7-8-14-25-20)15-22(28-24(21)29)19-11-5-2-6-12-19/h1-15,17,26H,16H2. The molecular weight excluding hydrogens is 358 g/mol. The number of nitrogens with zero attached hydrogens (tertiary/aromatic N) is 4. The molecule has 1 N–H and O–H groups in total. The predicted octanol–water partition coefficient (Wildman–Crippen LogP) is 5.07. The minimum Gasteiger partial charge on any atom is -0.364 e. The lowest BCUT2D eigenvalue weighted by atomic mass is 10.1. The quantitative estimate of drug-likeness (QED) is 0.465. The first-order valence-electron chi connectivity index (χ1n) is 9.52. The van der Waals surface area contributed by atoms with Gasteiger partial charge in [0, 0.05) is 23.4 Å². The molecule has 0 radical (unpaired) electrons. The zero-order valence-electron chi connectivity index (χ0n) is 15.7. The summed E-state index contributed by atoms with van der Waals surface area (Å²) in [7, 11) is 0. The summed E-state index contributed by atoms with van der Waals surface area (Å²) in [6.07, 6.45) is 3.67. The first kappa shape index (κ1) is 17.1. The highest BCUT2D eigenvalue weighted by Crippen LogP contribution is 2.28. The van der Waals surface area contributed by atoms with Crippen molar-refractivity contribution in [2.75, 3.05) is 5.32 Å². The van der Waals surface area contributed by atoms with Crippen molar-refractivity contribution in [1.29, 1.82) is 0 Å². The number of pyridine rings is 1. The summed E-state index contributed by atoms with van der Waals surface area (Å²) < 4.78 is 1.86. The lowest BCUT2D eigenvalue weighted by molar-refractivity contribution is 0.918. The van der Waals surface area contributed by atoms with Crippen LogP contribution in [0.5, 0.6) is 0 Å². The first-order chi connectivity index (χ1) is 14.4. The number of aromatic nitrogens is 4. The second-order valence-corrected chi connectivity index (χ2v) is 6.73. The molecule has 5 nitrogen and oxygen atoms in total. The van der Waals surface area contributed by atoms with Crippen molar-refractivity contribution < 1.29 is 0 Å². The molecule has 3 heterocycles. The van der Waals surface area contributed by atoms with E-state index in [1.807, 2.05) is 71.4 Å². The van der Waals surface area contributed by atoms with E-state index in [1.165, 1.54) is 0 Å². The summed E-state index contributed by atoms with van der Waals surface area (Å²) in [5.41, 5.74) is 5.85. The van der Waals surface area contributed by atoms with Gasteiger partial charge in [-0.2, -0.15) is 9.61 Å². The Morgan fingerprint density at radius 1 is 0.793 bits per heavy atom. The molecule has 0 saturated carbocycles. The molecule has 0 aliphatic carbocycles. The van der Waals surface area contributed by atoms with Crippen LogP contribution in [0.1, 0.15) is 5.69 Å². The lowest BCUT2D eigenvalue weighted by Crippen LogP contribution is -2.07. The maximum Gasteiger partial charge on any atom is 0.165 e. The zero-order valence-corrected chi connectivity index (χ0v) is 15.7. The summed E-state index contributed by atoms with van der Waals surface area (Å²) in [5.74, 6) is 0.877. The molecule has 0 atom stereocenters. The van der Waals surface area contributed by atoms with E-state index in [0.717, 1.165) is 39.5 Å². The first-order valence-corrected chi connectivity index (χ1v) is 9.52. The van der Waals surface area contributed by atoms with Crippen LogP contribution in [0.3, 0.4) is 0 Å². The van der Waals surface area contributed by atoms with Crippen LogP contribution in [0, 0.1) is 0 Å². The van der Waals surface area contributed by atoms with E-state index in [9.17, 15) is 0 Å². The van der Waals surface area contributed by atoms with Gasteiger partial charge in [0.15, 0.2) is 5.65 Å². The van der Waals surface area contributed by atoms with Crippen molar-refractivity contribution >= 4 is 11.5 Å². The van der Waals surface area contributed by atoms with Crippen LogP contribution in [-0.2, 0) is 6.54 Å². The molecule has 140 valence electrons. The van der Waals surface area contributed by atoms with Crippen molar-refractivity contribution in [1.82, 2.24) is 19.6 Å². The largest absolute Gasteiger partial charge is 0.364 e. The monoisotopic (exact) mass is 377 g/mol. The Balaban J connectivity index is 1.63. The van der Waals surface area contributed by atoms with E-state index in [1.54, 1.807) is 6.20 Å². The summed E-state index contributed by atoms with van der Waals surface area (Å²) in [4.78, 5) is 9.34. The average molecular weight is 377 g/mol. The van der Waals surface area contributed by atoms with E-state index in [0.29, 0.717) is 6.54 Å². The van der Waals surface area contributed by atoms with Gasteiger partial charge in [-0.15, -0.1) is 0 Å². The molecule has 5 rings (SSSR count). The third-order valence-corrected chi connectivity index (χ3v) is 4.80. The second-order valence-electron chi connectivity index (χ2n) is 6.73. The molecule has 0 spiro atoms. The zero-order chi connectivity index (χ0) is 19.5. The fourth-order valence-electron chi connectivity index (χ4n) is 3.35. The molecule has 5 aromatic rings. The highest BCUT2D eigenvalue weighted by atomic mass is 15.3. The maximum absolute atomic E-state index is 4.94. The van der Waals surface area contributed by atoms with Crippen LogP contribution in [0.2, 0.25) is 0 Å². The molecule has 0 fully saturated rings. The highest BCUT2D eigenvalue weighted by molar-refractivity contribution is 5.80. The number of hydrogen-bond acceptors (Lipinski definition) is 4. The molecule has 3 aromatic heterocycles. The van der Waals surface area contributed by atoms with Gasteiger partial charge in [0.1, 0.15) is 5.82 Å². The Morgan fingerprint density at radius 3 is 2.24 bits per heavy atom. The van der Waals surface area contributed by atoms with Gasteiger partial charge < -0.3 is 5.32 Å².